The molecular weight excluding hydrogens is 413 g/mol. The second-order valence-corrected chi connectivity index (χ2v) is 8.06. The number of hydrogen-bond donors (Lipinski definition) is 1. The van der Waals surface area contributed by atoms with Crippen molar-refractivity contribution in [2.24, 2.45) is 0 Å². The summed E-state index contributed by atoms with van der Waals surface area (Å²) in [5, 5.41) is 2.77. The summed E-state index contributed by atoms with van der Waals surface area (Å²) in [5.41, 5.74) is 2.34. The lowest BCUT2D eigenvalue weighted by atomic mass is 10.0. The molecule has 1 atom stereocenters. The Morgan fingerprint density at radius 2 is 1.97 bits per heavy atom. The highest BCUT2D eigenvalue weighted by molar-refractivity contribution is 7.98. The van der Waals surface area contributed by atoms with E-state index in [9.17, 15) is 9.59 Å². The number of piperidine rings is 1. The number of pyridine rings is 1. The number of carbonyl (C=O) groups excluding carboxylic acids is 2. The van der Waals surface area contributed by atoms with Gasteiger partial charge < -0.3 is 10.2 Å². The number of benzene rings is 2. The molecule has 1 unspecified atom stereocenters. The first-order chi connectivity index (χ1) is 15.1. The molecule has 158 valence electrons. The molecule has 4 rings (SSSR count). The minimum Gasteiger partial charge on any atom is -0.340 e. The largest absolute Gasteiger partial charge is 0.340 e. The number of hydrogen-bond acceptors (Lipinski definition) is 4. The number of rotatable bonds is 5. The van der Waals surface area contributed by atoms with Crippen LogP contribution in [0.3, 0.4) is 0 Å². The summed E-state index contributed by atoms with van der Waals surface area (Å²) >= 11 is 1.32. The maximum Gasteiger partial charge on any atom is 0.253 e. The standard InChI is InChI=1S/C24H22FN3O2S/c1-31-22-18(16-7-3-2-4-8-16)11-12-20(21(22)25)28-14-6-10-19(24(28)30)27-23(29)17-9-5-13-26-15-17/h2-5,7-9,11-13,15,19H,6,10,14H2,1H3,(H,27,29). The van der Waals surface area contributed by atoms with Gasteiger partial charge in [0.1, 0.15) is 6.04 Å². The van der Waals surface area contributed by atoms with E-state index in [0.29, 0.717) is 29.8 Å². The molecule has 1 aliphatic rings. The Kier molecular flexibility index (Phi) is 6.32. The van der Waals surface area contributed by atoms with Crippen LogP contribution in [0.2, 0.25) is 0 Å². The molecule has 5 nitrogen and oxygen atoms in total. The van der Waals surface area contributed by atoms with Crippen molar-refractivity contribution in [3.8, 4) is 11.1 Å². The highest BCUT2D eigenvalue weighted by Gasteiger charge is 2.33. The van der Waals surface area contributed by atoms with Crippen LogP contribution in [0.15, 0.2) is 71.9 Å². The van der Waals surface area contributed by atoms with Gasteiger partial charge in [-0.25, -0.2) is 4.39 Å². The van der Waals surface area contributed by atoms with Gasteiger partial charge in [-0.3, -0.25) is 14.6 Å². The first-order valence-electron chi connectivity index (χ1n) is 10.0. The molecule has 1 aromatic heterocycles. The van der Waals surface area contributed by atoms with Gasteiger partial charge >= 0.3 is 0 Å². The van der Waals surface area contributed by atoms with Crippen molar-refractivity contribution in [3.63, 3.8) is 0 Å². The van der Waals surface area contributed by atoms with Crippen LogP contribution in [0, 0.1) is 5.82 Å². The van der Waals surface area contributed by atoms with Gasteiger partial charge in [0, 0.05) is 18.9 Å². The van der Waals surface area contributed by atoms with Crippen molar-refractivity contribution < 1.29 is 14.0 Å². The lowest BCUT2D eigenvalue weighted by Crippen LogP contribution is -2.52. The number of carbonyl (C=O) groups is 2. The van der Waals surface area contributed by atoms with Crippen molar-refractivity contribution in [1.29, 1.82) is 0 Å². The van der Waals surface area contributed by atoms with Crippen LogP contribution in [-0.2, 0) is 4.79 Å². The van der Waals surface area contributed by atoms with Gasteiger partial charge in [0.15, 0.2) is 5.82 Å². The summed E-state index contributed by atoms with van der Waals surface area (Å²) in [7, 11) is 0. The molecule has 0 bridgehead atoms. The minimum atomic E-state index is -0.701. The van der Waals surface area contributed by atoms with Crippen LogP contribution in [0.1, 0.15) is 23.2 Å². The number of amides is 2. The second-order valence-electron chi connectivity index (χ2n) is 7.25. The van der Waals surface area contributed by atoms with Crippen molar-refractivity contribution in [3.05, 3.63) is 78.4 Å². The van der Waals surface area contributed by atoms with E-state index >= 15 is 4.39 Å². The van der Waals surface area contributed by atoms with Crippen molar-refractivity contribution in [1.82, 2.24) is 10.3 Å². The van der Waals surface area contributed by atoms with E-state index < -0.39 is 11.9 Å². The van der Waals surface area contributed by atoms with E-state index in [-0.39, 0.29) is 17.5 Å². The van der Waals surface area contributed by atoms with Gasteiger partial charge in [0.05, 0.1) is 16.1 Å². The number of anilines is 1. The molecule has 31 heavy (non-hydrogen) atoms. The zero-order valence-corrected chi connectivity index (χ0v) is 17.9. The predicted octanol–water partition coefficient (Wildman–Crippen LogP) is 4.54. The molecule has 1 fully saturated rings. The van der Waals surface area contributed by atoms with E-state index in [1.807, 2.05) is 42.7 Å². The maximum absolute atomic E-state index is 15.5. The van der Waals surface area contributed by atoms with Gasteiger partial charge in [0.25, 0.3) is 5.91 Å². The van der Waals surface area contributed by atoms with Gasteiger partial charge in [-0.1, -0.05) is 36.4 Å². The highest BCUT2D eigenvalue weighted by Crippen LogP contribution is 2.38. The van der Waals surface area contributed by atoms with Gasteiger partial charge in [-0.2, -0.15) is 0 Å². The fourth-order valence-corrected chi connectivity index (χ4v) is 4.48. The monoisotopic (exact) mass is 435 g/mol. The number of halogens is 1. The lowest BCUT2D eigenvalue weighted by molar-refractivity contribution is -0.121. The highest BCUT2D eigenvalue weighted by atomic mass is 32.2. The van der Waals surface area contributed by atoms with Crippen LogP contribution >= 0.6 is 11.8 Å². The molecule has 2 aromatic carbocycles. The Hall–Kier alpha value is -3.19. The molecule has 2 heterocycles. The van der Waals surface area contributed by atoms with Crippen LogP contribution < -0.4 is 10.2 Å². The first-order valence-corrected chi connectivity index (χ1v) is 11.3. The van der Waals surface area contributed by atoms with Crippen molar-refractivity contribution in [2.45, 2.75) is 23.8 Å². The van der Waals surface area contributed by atoms with Gasteiger partial charge in [0.2, 0.25) is 5.91 Å². The summed E-state index contributed by atoms with van der Waals surface area (Å²) in [6.45, 7) is 0.410. The number of nitrogens with zero attached hydrogens (tertiary/aromatic N) is 2. The first kappa shape index (κ1) is 21.1. The Balaban J connectivity index is 1.60. The van der Waals surface area contributed by atoms with E-state index in [2.05, 4.69) is 10.3 Å². The Labute approximate surface area is 184 Å². The number of nitrogens with one attached hydrogen (secondary N) is 1. The number of thioether (sulfide) groups is 1. The molecule has 0 aliphatic carbocycles. The summed E-state index contributed by atoms with van der Waals surface area (Å²) in [4.78, 5) is 31.5. The zero-order valence-electron chi connectivity index (χ0n) is 17.0. The molecule has 7 heteroatoms. The SMILES string of the molecule is CSc1c(-c2ccccc2)ccc(N2CCCC(NC(=O)c3cccnc3)C2=O)c1F. The minimum absolute atomic E-state index is 0.245. The van der Waals surface area contributed by atoms with E-state index in [1.54, 1.807) is 24.4 Å². The zero-order chi connectivity index (χ0) is 21.8. The lowest BCUT2D eigenvalue weighted by Gasteiger charge is -2.33. The van der Waals surface area contributed by atoms with E-state index in [1.165, 1.54) is 22.9 Å². The van der Waals surface area contributed by atoms with Crippen LogP contribution in [0.4, 0.5) is 10.1 Å². The molecule has 2 amide bonds. The summed E-state index contributed by atoms with van der Waals surface area (Å²) in [5.74, 6) is -1.08. The van der Waals surface area contributed by atoms with Crippen LogP contribution in [-0.4, -0.2) is 35.6 Å². The summed E-state index contributed by atoms with van der Waals surface area (Å²) in [6, 6.07) is 15.7. The average Bonchev–Trinajstić information content (AvgIpc) is 2.81. The smallest absolute Gasteiger partial charge is 0.253 e. The van der Waals surface area contributed by atoms with E-state index in [4.69, 9.17) is 0 Å². The normalized spacial score (nSPS) is 16.3. The predicted molar refractivity (Wildman–Crippen MR) is 121 cm³/mol. The Morgan fingerprint density at radius 1 is 1.16 bits per heavy atom. The summed E-state index contributed by atoms with van der Waals surface area (Å²) in [6.07, 6.45) is 6.03. The molecule has 0 saturated carbocycles. The fourth-order valence-electron chi connectivity index (χ4n) is 3.79. The van der Waals surface area contributed by atoms with E-state index in [0.717, 1.165) is 11.1 Å². The number of aromatic nitrogens is 1. The second kappa shape index (κ2) is 9.31. The molecule has 1 aliphatic heterocycles. The fraction of sp³-hybridized carbons (Fsp3) is 0.208. The molecular formula is C24H22FN3O2S. The molecule has 3 aromatic rings. The third kappa shape index (κ3) is 4.32. The molecule has 1 N–H and O–H groups in total. The quantitative estimate of drug-likeness (QED) is 0.598. The van der Waals surface area contributed by atoms with Gasteiger partial charge in [-0.05, 0) is 48.4 Å². The van der Waals surface area contributed by atoms with Crippen LogP contribution in [0.5, 0.6) is 0 Å². The molecule has 0 spiro atoms. The molecule has 1 saturated heterocycles. The van der Waals surface area contributed by atoms with Gasteiger partial charge in [-0.15, -0.1) is 11.8 Å². The topological polar surface area (TPSA) is 62.3 Å². The average molecular weight is 436 g/mol. The Morgan fingerprint density at radius 3 is 2.68 bits per heavy atom. The van der Waals surface area contributed by atoms with Crippen molar-refractivity contribution in [2.75, 3.05) is 17.7 Å². The molecule has 0 radical (unpaired) electrons. The van der Waals surface area contributed by atoms with Crippen LogP contribution in [0.25, 0.3) is 11.1 Å². The summed E-state index contributed by atoms with van der Waals surface area (Å²) < 4.78 is 15.5. The third-order valence-corrected chi connectivity index (χ3v) is 6.13. The third-order valence-electron chi connectivity index (χ3n) is 5.32. The maximum atomic E-state index is 15.5. The Bertz CT molecular complexity index is 1090. The van der Waals surface area contributed by atoms with Crippen molar-refractivity contribution >= 4 is 29.3 Å².